The van der Waals surface area contributed by atoms with Crippen molar-refractivity contribution in [2.75, 3.05) is 26.2 Å². The van der Waals surface area contributed by atoms with E-state index < -0.39 is 0 Å². The van der Waals surface area contributed by atoms with Crippen molar-refractivity contribution in [3.05, 3.63) is 75.8 Å². The Morgan fingerprint density at radius 1 is 0.960 bits per heavy atom. The van der Waals surface area contributed by atoms with Crippen LogP contribution < -0.4 is 0 Å². The van der Waals surface area contributed by atoms with Gasteiger partial charge in [0.15, 0.2) is 0 Å². The number of amides is 1. The first kappa shape index (κ1) is 17.1. The smallest absolute Gasteiger partial charge is 0.273 e. The van der Waals surface area contributed by atoms with Crippen LogP contribution in [0.25, 0.3) is 0 Å². The minimum atomic E-state index is -0.335. The zero-order valence-corrected chi connectivity index (χ0v) is 14.0. The fourth-order valence-electron chi connectivity index (χ4n) is 3.16. The molecular weight excluding hydrogens is 318 g/mol. The van der Waals surface area contributed by atoms with Crippen LogP contribution in [-0.2, 0) is 6.54 Å². The molecule has 2 aromatic carbocycles. The molecule has 1 saturated heterocycles. The van der Waals surface area contributed by atoms with Crippen LogP contribution >= 0.6 is 0 Å². The summed E-state index contributed by atoms with van der Waals surface area (Å²) in [5.74, 6) is 0.0492. The van der Waals surface area contributed by atoms with Gasteiger partial charge in [-0.25, -0.2) is 0 Å². The molecule has 130 valence electrons. The Bertz CT molecular complexity index is 749. The Morgan fingerprint density at radius 3 is 2.44 bits per heavy atom. The van der Waals surface area contributed by atoms with Gasteiger partial charge in [0, 0.05) is 49.9 Å². The Labute approximate surface area is 146 Å². The molecule has 25 heavy (non-hydrogen) atoms. The summed E-state index contributed by atoms with van der Waals surface area (Å²) in [7, 11) is 0. The predicted molar refractivity (Wildman–Crippen MR) is 95.3 cm³/mol. The standard InChI is InChI=1S/C19H21N3O3/c23-19(16-7-2-1-3-8-16)21-12-6-11-20(13-14-21)15-17-9-4-5-10-18(17)22(24)25/h1-5,7-10H,6,11-15H2. The molecule has 0 unspecified atom stereocenters. The Hall–Kier alpha value is -2.73. The molecule has 3 rings (SSSR count). The van der Waals surface area contributed by atoms with Crippen LogP contribution in [0.4, 0.5) is 5.69 Å². The monoisotopic (exact) mass is 339 g/mol. The Balaban J connectivity index is 1.64. The van der Waals surface area contributed by atoms with E-state index in [0.29, 0.717) is 31.7 Å². The summed E-state index contributed by atoms with van der Waals surface area (Å²) in [6.45, 7) is 3.41. The minimum absolute atomic E-state index is 0.0492. The highest BCUT2D eigenvalue weighted by Crippen LogP contribution is 2.20. The summed E-state index contributed by atoms with van der Waals surface area (Å²) < 4.78 is 0. The Kier molecular flexibility index (Phi) is 5.40. The number of nitro benzene ring substituents is 1. The van der Waals surface area contributed by atoms with E-state index in [1.54, 1.807) is 18.2 Å². The first-order chi connectivity index (χ1) is 12.1. The molecule has 1 heterocycles. The van der Waals surface area contributed by atoms with E-state index in [4.69, 9.17) is 0 Å². The molecule has 6 nitrogen and oxygen atoms in total. The van der Waals surface area contributed by atoms with E-state index in [9.17, 15) is 14.9 Å². The van der Waals surface area contributed by atoms with Crippen molar-refractivity contribution in [1.29, 1.82) is 0 Å². The maximum atomic E-state index is 12.6. The molecule has 6 heteroatoms. The minimum Gasteiger partial charge on any atom is -0.337 e. The quantitative estimate of drug-likeness (QED) is 0.634. The Morgan fingerprint density at radius 2 is 1.68 bits per heavy atom. The van der Waals surface area contributed by atoms with E-state index in [1.165, 1.54) is 0 Å². The third kappa shape index (κ3) is 4.22. The summed E-state index contributed by atoms with van der Waals surface area (Å²) >= 11 is 0. The average Bonchev–Trinajstić information content (AvgIpc) is 2.88. The number of carbonyl (C=O) groups is 1. The van der Waals surface area contributed by atoms with Gasteiger partial charge >= 0.3 is 0 Å². The number of nitrogens with zero attached hydrogens (tertiary/aromatic N) is 3. The summed E-state index contributed by atoms with van der Waals surface area (Å²) in [4.78, 5) is 27.5. The maximum Gasteiger partial charge on any atom is 0.273 e. The van der Waals surface area contributed by atoms with Gasteiger partial charge in [-0.05, 0) is 18.6 Å². The normalized spacial score (nSPS) is 15.6. The van der Waals surface area contributed by atoms with Crippen LogP contribution in [0.3, 0.4) is 0 Å². The van der Waals surface area contributed by atoms with E-state index >= 15 is 0 Å². The molecule has 1 aliphatic heterocycles. The molecule has 0 spiro atoms. The second-order valence-corrected chi connectivity index (χ2v) is 6.17. The molecule has 0 aromatic heterocycles. The molecule has 0 bridgehead atoms. The third-order valence-electron chi connectivity index (χ3n) is 4.48. The highest BCUT2D eigenvalue weighted by Gasteiger charge is 2.22. The van der Waals surface area contributed by atoms with Gasteiger partial charge in [-0.1, -0.05) is 36.4 Å². The van der Waals surface area contributed by atoms with E-state index in [-0.39, 0.29) is 16.5 Å². The van der Waals surface area contributed by atoms with Crippen molar-refractivity contribution in [1.82, 2.24) is 9.80 Å². The number of hydrogen-bond acceptors (Lipinski definition) is 4. The molecule has 0 aliphatic carbocycles. The number of hydrogen-bond donors (Lipinski definition) is 0. The molecule has 0 N–H and O–H groups in total. The van der Waals surface area contributed by atoms with Gasteiger partial charge in [-0.3, -0.25) is 19.8 Å². The molecule has 1 fully saturated rings. The van der Waals surface area contributed by atoms with Crippen LogP contribution in [0.1, 0.15) is 22.3 Å². The zero-order valence-electron chi connectivity index (χ0n) is 14.0. The van der Waals surface area contributed by atoms with Crippen LogP contribution in [0.15, 0.2) is 54.6 Å². The summed E-state index contributed by atoms with van der Waals surface area (Å²) in [5.41, 5.74) is 1.58. The van der Waals surface area contributed by atoms with Gasteiger partial charge in [-0.2, -0.15) is 0 Å². The van der Waals surface area contributed by atoms with Crippen molar-refractivity contribution >= 4 is 11.6 Å². The predicted octanol–water partition coefficient (Wildman–Crippen LogP) is 2.94. The average molecular weight is 339 g/mol. The molecule has 0 saturated carbocycles. The first-order valence-corrected chi connectivity index (χ1v) is 8.44. The largest absolute Gasteiger partial charge is 0.337 e. The number of nitro groups is 1. The van der Waals surface area contributed by atoms with E-state index in [2.05, 4.69) is 4.90 Å². The second-order valence-electron chi connectivity index (χ2n) is 6.17. The molecule has 0 atom stereocenters. The molecular formula is C19H21N3O3. The second kappa shape index (κ2) is 7.90. The highest BCUT2D eigenvalue weighted by molar-refractivity contribution is 5.94. The molecule has 2 aromatic rings. The topological polar surface area (TPSA) is 66.7 Å². The van der Waals surface area contributed by atoms with Crippen molar-refractivity contribution in [3.8, 4) is 0 Å². The number of carbonyl (C=O) groups excluding carboxylic acids is 1. The SMILES string of the molecule is O=C(c1ccccc1)N1CCCN(Cc2ccccc2[N+](=O)[O-])CC1. The van der Waals surface area contributed by atoms with Gasteiger partial charge in [0.1, 0.15) is 0 Å². The molecule has 1 amide bonds. The summed E-state index contributed by atoms with van der Waals surface area (Å²) in [6, 6.07) is 16.1. The zero-order chi connectivity index (χ0) is 17.6. The lowest BCUT2D eigenvalue weighted by Crippen LogP contribution is -2.35. The van der Waals surface area contributed by atoms with E-state index in [1.807, 2.05) is 41.3 Å². The van der Waals surface area contributed by atoms with Gasteiger partial charge in [0.05, 0.1) is 4.92 Å². The van der Waals surface area contributed by atoms with Gasteiger partial charge < -0.3 is 4.90 Å². The van der Waals surface area contributed by atoms with Crippen LogP contribution in [0.2, 0.25) is 0 Å². The molecule has 0 radical (unpaired) electrons. The first-order valence-electron chi connectivity index (χ1n) is 8.44. The van der Waals surface area contributed by atoms with Crippen molar-refractivity contribution < 1.29 is 9.72 Å². The lowest BCUT2D eigenvalue weighted by Gasteiger charge is -2.22. The maximum absolute atomic E-state index is 12.6. The fourth-order valence-corrected chi connectivity index (χ4v) is 3.16. The molecule has 1 aliphatic rings. The summed E-state index contributed by atoms with van der Waals surface area (Å²) in [6.07, 6.45) is 0.860. The lowest BCUT2D eigenvalue weighted by molar-refractivity contribution is -0.385. The highest BCUT2D eigenvalue weighted by atomic mass is 16.6. The van der Waals surface area contributed by atoms with E-state index in [0.717, 1.165) is 18.5 Å². The number of rotatable bonds is 4. The number of para-hydroxylation sites is 1. The fraction of sp³-hybridized carbons (Fsp3) is 0.316. The third-order valence-corrected chi connectivity index (χ3v) is 4.48. The number of benzene rings is 2. The van der Waals surface area contributed by atoms with Gasteiger partial charge in [-0.15, -0.1) is 0 Å². The summed E-state index contributed by atoms with van der Waals surface area (Å²) in [5, 5.41) is 11.2. The van der Waals surface area contributed by atoms with Crippen molar-refractivity contribution in [3.63, 3.8) is 0 Å². The van der Waals surface area contributed by atoms with Crippen LogP contribution in [0.5, 0.6) is 0 Å². The van der Waals surface area contributed by atoms with Crippen molar-refractivity contribution in [2.24, 2.45) is 0 Å². The van der Waals surface area contributed by atoms with Crippen molar-refractivity contribution in [2.45, 2.75) is 13.0 Å². The lowest BCUT2D eigenvalue weighted by atomic mass is 10.1. The van der Waals surface area contributed by atoms with Gasteiger partial charge in [0.25, 0.3) is 11.6 Å². The van der Waals surface area contributed by atoms with Gasteiger partial charge in [0.2, 0.25) is 0 Å². The van der Waals surface area contributed by atoms with Crippen LogP contribution in [-0.4, -0.2) is 46.8 Å². The van der Waals surface area contributed by atoms with Crippen LogP contribution in [0, 0.1) is 10.1 Å².